The fourth-order valence-corrected chi connectivity index (χ4v) is 4.76. The van der Waals surface area contributed by atoms with Crippen molar-refractivity contribution in [2.75, 3.05) is 5.32 Å². The Morgan fingerprint density at radius 2 is 1.88 bits per heavy atom. The maximum absolute atomic E-state index is 13.8. The number of hydrogen-bond donors (Lipinski definition) is 2. The van der Waals surface area contributed by atoms with Crippen molar-refractivity contribution in [3.05, 3.63) is 79.5 Å². The number of nitrogens with one attached hydrogen (secondary N) is 2. The number of aryl methyl sites for hydroxylation is 2. The lowest BCUT2D eigenvalue weighted by Gasteiger charge is -2.25. The Hall–Kier alpha value is -4.01. The van der Waals surface area contributed by atoms with Gasteiger partial charge in [0.15, 0.2) is 5.82 Å². The summed E-state index contributed by atoms with van der Waals surface area (Å²) < 4.78 is 3.33. The predicted molar refractivity (Wildman–Crippen MR) is 130 cm³/mol. The van der Waals surface area contributed by atoms with Crippen LogP contribution in [0.15, 0.2) is 46.0 Å². The third-order valence-corrected chi connectivity index (χ3v) is 6.18. The van der Waals surface area contributed by atoms with Gasteiger partial charge in [-0.1, -0.05) is 25.5 Å². The first-order chi connectivity index (χ1) is 16.2. The Morgan fingerprint density at radius 3 is 2.59 bits per heavy atom. The number of amides is 1. The van der Waals surface area contributed by atoms with Gasteiger partial charge in [-0.3, -0.25) is 14.4 Å². The molecule has 1 aromatic carbocycles. The molecule has 5 rings (SSSR count). The van der Waals surface area contributed by atoms with Gasteiger partial charge in [-0.2, -0.15) is 14.9 Å². The molecule has 2 N–H and O–H groups in total. The van der Waals surface area contributed by atoms with E-state index in [1.54, 1.807) is 0 Å². The molecule has 0 radical (unpaired) electrons. The van der Waals surface area contributed by atoms with Crippen LogP contribution in [-0.4, -0.2) is 30.5 Å². The third-order valence-electron chi connectivity index (χ3n) is 6.18. The zero-order valence-electron chi connectivity index (χ0n) is 19.5. The minimum atomic E-state index is -0.448. The summed E-state index contributed by atoms with van der Waals surface area (Å²) in [4.78, 5) is 38.1. The van der Waals surface area contributed by atoms with Crippen LogP contribution >= 0.6 is 0 Å². The van der Waals surface area contributed by atoms with Gasteiger partial charge < -0.3 is 9.88 Å². The molecule has 1 amide bonds. The molecular formula is C25H26N6O3. The van der Waals surface area contributed by atoms with E-state index in [9.17, 15) is 14.4 Å². The lowest BCUT2D eigenvalue weighted by molar-refractivity contribution is -0.116. The summed E-state index contributed by atoms with van der Waals surface area (Å²) in [5.74, 6) is 0.463. The van der Waals surface area contributed by atoms with Crippen molar-refractivity contribution >= 4 is 22.6 Å². The van der Waals surface area contributed by atoms with Gasteiger partial charge in [0.25, 0.3) is 11.1 Å². The molecule has 0 bridgehead atoms. The van der Waals surface area contributed by atoms with Crippen molar-refractivity contribution in [2.24, 2.45) is 5.92 Å². The Labute approximate surface area is 195 Å². The summed E-state index contributed by atoms with van der Waals surface area (Å²) >= 11 is 0. The molecular weight excluding hydrogens is 432 g/mol. The number of rotatable bonds is 4. The van der Waals surface area contributed by atoms with Crippen LogP contribution in [0.1, 0.15) is 48.6 Å². The number of aromatic nitrogens is 5. The van der Waals surface area contributed by atoms with Crippen molar-refractivity contribution in [1.29, 1.82) is 0 Å². The Balaban J connectivity index is 1.75. The normalized spacial score (nSPS) is 15.6. The van der Waals surface area contributed by atoms with E-state index in [0.29, 0.717) is 29.4 Å². The Kier molecular flexibility index (Phi) is 5.19. The number of anilines is 1. The molecule has 1 atom stereocenters. The van der Waals surface area contributed by atoms with Crippen LogP contribution in [0.25, 0.3) is 16.7 Å². The SMILES string of the molecule is Cc1ccc2c(c1)cc([C@H]1CC(=O)Nc3c1c(C)nn3-c1ccc(=O)[nH]n1)c(=O)n2CC(C)C. The minimum Gasteiger partial charge on any atom is -0.310 e. The maximum atomic E-state index is 13.8. The molecule has 1 aliphatic heterocycles. The molecule has 0 fully saturated rings. The van der Waals surface area contributed by atoms with Gasteiger partial charge in [-0.25, -0.2) is 5.10 Å². The number of benzene rings is 1. The monoisotopic (exact) mass is 458 g/mol. The third kappa shape index (κ3) is 3.63. The summed E-state index contributed by atoms with van der Waals surface area (Å²) in [6.45, 7) is 8.61. The van der Waals surface area contributed by atoms with Crippen LogP contribution in [-0.2, 0) is 11.3 Å². The highest BCUT2D eigenvalue weighted by atomic mass is 16.2. The molecule has 9 heteroatoms. The maximum Gasteiger partial charge on any atom is 0.264 e. The van der Waals surface area contributed by atoms with Crippen molar-refractivity contribution in [1.82, 2.24) is 24.5 Å². The molecule has 3 aromatic heterocycles. The van der Waals surface area contributed by atoms with E-state index in [1.165, 1.54) is 16.8 Å². The van der Waals surface area contributed by atoms with Crippen molar-refractivity contribution in [3.8, 4) is 5.82 Å². The van der Waals surface area contributed by atoms with E-state index in [2.05, 4.69) is 40.5 Å². The van der Waals surface area contributed by atoms with Crippen LogP contribution in [0.4, 0.5) is 5.82 Å². The number of carbonyl (C=O) groups excluding carboxylic acids is 1. The van der Waals surface area contributed by atoms with Crippen LogP contribution in [0.2, 0.25) is 0 Å². The molecule has 0 unspecified atom stereocenters. The van der Waals surface area contributed by atoms with E-state index in [0.717, 1.165) is 22.0 Å². The second-order valence-electron chi connectivity index (χ2n) is 9.32. The van der Waals surface area contributed by atoms with Gasteiger partial charge in [0.1, 0.15) is 5.82 Å². The average molecular weight is 459 g/mol. The van der Waals surface area contributed by atoms with Gasteiger partial charge in [-0.15, -0.1) is 0 Å². The van der Waals surface area contributed by atoms with Crippen LogP contribution < -0.4 is 16.4 Å². The molecule has 9 nitrogen and oxygen atoms in total. The zero-order valence-corrected chi connectivity index (χ0v) is 19.5. The molecule has 0 saturated heterocycles. The first kappa shape index (κ1) is 21.8. The van der Waals surface area contributed by atoms with Gasteiger partial charge in [0.2, 0.25) is 5.91 Å². The summed E-state index contributed by atoms with van der Waals surface area (Å²) in [7, 11) is 0. The van der Waals surface area contributed by atoms with E-state index < -0.39 is 5.92 Å². The second kappa shape index (κ2) is 8.09. The molecule has 0 spiro atoms. The average Bonchev–Trinajstić information content (AvgIpc) is 3.11. The smallest absolute Gasteiger partial charge is 0.264 e. The number of aromatic amines is 1. The number of hydrogen-bond acceptors (Lipinski definition) is 5. The number of H-pyrrole nitrogens is 1. The van der Waals surface area contributed by atoms with E-state index in [1.807, 2.05) is 36.6 Å². The van der Waals surface area contributed by atoms with E-state index in [-0.39, 0.29) is 29.4 Å². The molecule has 4 aromatic rings. The van der Waals surface area contributed by atoms with E-state index >= 15 is 0 Å². The quantitative estimate of drug-likeness (QED) is 0.488. The van der Waals surface area contributed by atoms with Crippen LogP contribution in [0.3, 0.4) is 0 Å². The first-order valence-electron chi connectivity index (χ1n) is 11.3. The highest BCUT2D eigenvalue weighted by Gasteiger charge is 2.35. The molecule has 34 heavy (non-hydrogen) atoms. The fourth-order valence-electron chi connectivity index (χ4n) is 4.76. The number of pyridine rings is 1. The molecule has 0 aliphatic carbocycles. The largest absolute Gasteiger partial charge is 0.310 e. The Bertz CT molecular complexity index is 1540. The fraction of sp³-hybridized carbons (Fsp3) is 0.320. The van der Waals surface area contributed by atoms with Crippen LogP contribution in [0.5, 0.6) is 0 Å². The standard InChI is InChI=1S/C25H26N6O3/c1-13(2)12-30-19-6-5-14(3)9-16(19)10-18(25(30)34)17-11-22(33)26-24-23(17)15(4)29-31(24)20-7-8-21(32)28-27-20/h5-10,13,17H,11-12H2,1-4H3,(H,26,33)(H,28,32)/t17-/m1/s1. The Morgan fingerprint density at radius 1 is 1.09 bits per heavy atom. The lowest BCUT2D eigenvalue weighted by Crippen LogP contribution is -2.32. The highest BCUT2D eigenvalue weighted by molar-refractivity contribution is 5.95. The van der Waals surface area contributed by atoms with Gasteiger partial charge in [0.05, 0.1) is 11.2 Å². The van der Waals surface area contributed by atoms with Gasteiger partial charge >= 0.3 is 0 Å². The number of nitrogens with zero attached hydrogens (tertiary/aromatic N) is 4. The number of carbonyl (C=O) groups is 1. The molecule has 174 valence electrons. The lowest BCUT2D eigenvalue weighted by atomic mass is 9.85. The van der Waals surface area contributed by atoms with Gasteiger partial charge in [0, 0.05) is 36.1 Å². The van der Waals surface area contributed by atoms with Crippen molar-refractivity contribution in [2.45, 2.75) is 46.6 Å². The van der Waals surface area contributed by atoms with Gasteiger partial charge in [-0.05, 0) is 49.4 Å². The predicted octanol–water partition coefficient (Wildman–Crippen LogP) is 3.02. The van der Waals surface area contributed by atoms with Crippen molar-refractivity contribution < 1.29 is 4.79 Å². The molecule has 4 heterocycles. The first-order valence-corrected chi connectivity index (χ1v) is 11.3. The highest BCUT2D eigenvalue weighted by Crippen LogP contribution is 2.39. The van der Waals surface area contributed by atoms with E-state index in [4.69, 9.17) is 0 Å². The summed E-state index contributed by atoms with van der Waals surface area (Å²) in [5, 5.41) is 14.9. The van der Waals surface area contributed by atoms with Crippen LogP contribution in [0, 0.1) is 19.8 Å². The topological polar surface area (TPSA) is 115 Å². The van der Waals surface area contributed by atoms with Crippen molar-refractivity contribution in [3.63, 3.8) is 0 Å². The summed E-state index contributed by atoms with van der Waals surface area (Å²) in [6, 6.07) is 10.9. The summed E-state index contributed by atoms with van der Waals surface area (Å²) in [6.07, 6.45) is 0.146. The second-order valence-corrected chi connectivity index (χ2v) is 9.32. The zero-order chi connectivity index (χ0) is 24.1. The number of fused-ring (bicyclic) bond motifs is 2. The summed E-state index contributed by atoms with van der Waals surface area (Å²) in [5.41, 5.74) is 3.61. The minimum absolute atomic E-state index is 0.0926. The molecule has 1 aliphatic rings. The molecule has 0 saturated carbocycles.